The lowest BCUT2D eigenvalue weighted by molar-refractivity contribution is 0.0932. The first-order valence-electron chi connectivity index (χ1n) is 6.52. The first-order valence-corrected chi connectivity index (χ1v) is 6.52. The summed E-state index contributed by atoms with van der Waals surface area (Å²) in [6, 6.07) is 0. The molecule has 0 aliphatic heterocycles. The molecule has 0 radical (unpaired) electrons. The lowest BCUT2D eigenvalue weighted by Crippen LogP contribution is -2.34. The van der Waals surface area contributed by atoms with Crippen molar-refractivity contribution < 1.29 is 4.79 Å². The molecule has 0 aliphatic carbocycles. The Morgan fingerprint density at radius 3 is 2.26 bits per heavy atom. The van der Waals surface area contributed by atoms with Gasteiger partial charge in [0.25, 0.3) is 5.91 Å². The van der Waals surface area contributed by atoms with Gasteiger partial charge in [-0.3, -0.25) is 4.79 Å². The normalized spacial score (nSPS) is 11.2. The molecule has 0 unspecified atom stereocenters. The molecule has 6 nitrogen and oxygen atoms in total. The maximum Gasteiger partial charge on any atom is 0.271 e. The summed E-state index contributed by atoms with van der Waals surface area (Å²) in [4.78, 5) is 19.9. The summed E-state index contributed by atoms with van der Waals surface area (Å²) in [7, 11) is 0. The molecular formula is C13H23N5O. The van der Waals surface area contributed by atoms with Gasteiger partial charge >= 0.3 is 0 Å². The molecule has 1 heterocycles. The van der Waals surface area contributed by atoms with E-state index in [1.54, 1.807) is 0 Å². The Balaban J connectivity index is 2.58. The summed E-state index contributed by atoms with van der Waals surface area (Å²) in [5.41, 5.74) is 2.66. The Kier molecular flexibility index (Phi) is 5.69. The molecule has 1 rings (SSSR count). The number of anilines is 1. The van der Waals surface area contributed by atoms with Crippen LogP contribution in [0.3, 0.4) is 0 Å². The second-order valence-corrected chi connectivity index (χ2v) is 5.29. The van der Waals surface area contributed by atoms with E-state index >= 15 is 0 Å². The highest BCUT2D eigenvalue weighted by molar-refractivity contribution is 5.91. The van der Waals surface area contributed by atoms with E-state index in [0.717, 1.165) is 0 Å². The molecule has 0 fully saturated rings. The van der Waals surface area contributed by atoms with Crippen LogP contribution in [0.5, 0.6) is 0 Å². The van der Waals surface area contributed by atoms with Crippen molar-refractivity contribution in [3.05, 3.63) is 18.1 Å². The van der Waals surface area contributed by atoms with Crippen molar-refractivity contribution in [2.24, 2.45) is 23.6 Å². The fourth-order valence-corrected chi connectivity index (χ4v) is 2.06. The van der Waals surface area contributed by atoms with Gasteiger partial charge in [0.15, 0.2) is 5.82 Å². The van der Waals surface area contributed by atoms with Gasteiger partial charge in [-0.1, -0.05) is 27.7 Å². The van der Waals surface area contributed by atoms with Crippen molar-refractivity contribution in [2.75, 3.05) is 12.0 Å². The van der Waals surface area contributed by atoms with Crippen molar-refractivity contribution in [2.45, 2.75) is 27.7 Å². The van der Waals surface area contributed by atoms with Crippen LogP contribution in [0, 0.1) is 17.8 Å². The summed E-state index contributed by atoms with van der Waals surface area (Å²) < 4.78 is 0. The molecule has 1 amide bonds. The minimum Gasteiger partial charge on any atom is -0.350 e. The molecule has 106 valence electrons. The Morgan fingerprint density at radius 1 is 1.21 bits per heavy atom. The topological polar surface area (TPSA) is 92.9 Å². The van der Waals surface area contributed by atoms with Gasteiger partial charge in [0.2, 0.25) is 0 Å². The Morgan fingerprint density at radius 2 is 1.84 bits per heavy atom. The SMILES string of the molecule is CC(C)C(CNC(=O)c1cnc(NN)cn1)C(C)C. The predicted molar refractivity (Wildman–Crippen MR) is 75.3 cm³/mol. The molecule has 6 heteroatoms. The lowest BCUT2D eigenvalue weighted by atomic mass is 9.85. The van der Waals surface area contributed by atoms with Crippen molar-refractivity contribution in [1.82, 2.24) is 15.3 Å². The molecule has 0 aliphatic rings. The highest BCUT2D eigenvalue weighted by Gasteiger charge is 2.19. The van der Waals surface area contributed by atoms with Crippen LogP contribution in [0.4, 0.5) is 5.82 Å². The molecule has 0 saturated heterocycles. The van der Waals surface area contributed by atoms with E-state index in [0.29, 0.717) is 35.8 Å². The number of carbonyl (C=O) groups is 1. The minimum absolute atomic E-state index is 0.206. The fourth-order valence-electron chi connectivity index (χ4n) is 2.06. The molecule has 19 heavy (non-hydrogen) atoms. The lowest BCUT2D eigenvalue weighted by Gasteiger charge is -2.24. The molecular weight excluding hydrogens is 242 g/mol. The van der Waals surface area contributed by atoms with Crippen LogP contribution >= 0.6 is 0 Å². The van der Waals surface area contributed by atoms with Gasteiger partial charge in [-0.2, -0.15) is 0 Å². The van der Waals surface area contributed by atoms with Gasteiger partial charge in [0, 0.05) is 6.54 Å². The van der Waals surface area contributed by atoms with E-state index in [-0.39, 0.29) is 5.91 Å². The second-order valence-electron chi connectivity index (χ2n) is 5.29. The van der Waals surface area contributed by atoms with Crippen LogP contribution in [0.15, 0.2) is 12.4 Å². The minimum atomic E-state index is -0.206. The van der Waals surface area contributed by atoms with Gasteiger partial charge in [0.05, 0.1) is 12.4 Å². The Bertz CT molecular complexity index is 394. The number of rotatable bonds is 6. The van der Waals surface area contributed by atoms with E-state index in [1.165, 1.54) is 12.4 Å². The quantitative estimate of drug-likeness (QED) is 0.534. The number of aromatic nitrogens is 2. The number of nitrogens with two attached hydrogens (primary N) is 1. The van der Waals surface area contributed by atoms with Crippen LogP contribution in [-0.4, -0.2) is 22.4 Å². The van der Waals surface area contributed by atoms with Gasteiger partial charge < -0.3 is 10.7 Å². The number of hydrogen-bond donors (Lipinski definition) is 3. The summed E-state index contributed by atoms with van der Waals surface area (Å²) in [5, 5.41) is 2.91. The third-order valence-corrected chi connectivity index (χ3v) is 3.24. The number of nitrogen functional groups attached to an aromatic ring is 1. The van der Waals surface area contributed by atoms with Crippen LogP contribution in [0.1, 0.15) is 38.2 Å². The maximum absolute atomic E-state index is 11.9. The fraction of sp³-hybridized carbons (Fsp3) is 0.615. The summed E-state index contributed by atoms with van der Waals surface area (Å²) in [6.07, 6.45) is 2.83. The number of carbonyl (C=O) groups excluding carboxylic acids is 1. The van der Waals surface area contributed by atoms with Crippen LogP contribution in [0.25, 0.3) is 0 Å². The number of hydrogen-bond acceptors (Lipinski definition) is 5. The zero-order valence-corrected chi connectivity index (χ0v) is 12.0. The average molecular weight is 265 g/mol. The number of nitrogens with zero attached hydrogens (tertiary/aromatic N) is 2. The van der Waals surface area contributed by atoms with Crippen molar-refractivity contribution >= 4 is 11.7 Å². The number of nitrogens with one attached hydrogen (secondary N) is 2. The molecule has 0 spiro atoms. The average Bonchev–Trinajstić information content (AvgIpc) is 2.38. The molecule has 1 aromatic rings. The van der Waals surface area contributed by atoms with Crippen LogP contribution in [-0.2, 0) is 0 Å². The monoisotopic (exact) mass is 265 g/mol. The number of hydrazine groups is 1. The van der Waals surface area contributed by atoms with Crippen LogP contribution < -0.4 is 16.6 Å². The Hall–Kier alpha value is -1.69. The number of amides is 1. The third-order valence-electron chi connectivity index (χ3n) is 3.24. The molecule has 0 bridgehead atoms. The molecule has 4 N–H and O–H groups in total. The van der Waals surface area contributed by atoms with Gasteiger partial charge in [-0.15, -0.1) is 0 Å². The van der Waals surface area contributed by atoms with Crippen molar-refractivity contribution in [3.8, 4) is 0 Å². The summed E-state index contributed by atoms with van der Waals surface area (Å²) >= 11 is 0. The standard InChI is InChI=1S/C13H23N5O/c1-8(2)10(9(3)4)5-17-13(19)11-6-16-12(18-14)7-15-11/h6-10H,5,14H2,1-4H3,(H,16,18)(H,17,19). The van der Waals surface area contributed by atoms with Crippen molar-refractivity contribution in [3.63, 3.8) is 0 Å². The van der Waals surface area contributed by atoms with E-state index in [2.05, 4.69) is 48.4 Å². The molecule has 0 aromatic carbocycles. The van der Waals surface area contributed by atoms with Gasteiger partial charge in [-0.05, 0) is 17.8 Å². The zero-order valence-electron chi connectivity index (χ0n) is 12.0. The second kappa shape index (κ2) is 7.04. The van der Waals surface area contributed by atoms with E-state index in [9.17, 15) is 4.79 Å². The maximum atomic E-state index is 11.9. The molecule has 0 saturated carbocycles. The molecule has 1 aromatic heterocycles. The highest BCUT2D eigenvalue weighted by Crippen LogP contribution is 2.19. The van der Waals surface area contributed by atoms with E-state index in [4.69, 9.17) is 5.84 Å². The van der Waals surface area contributed by atoms with Crippen LogP contribution in [0.2, 0.25) is 0 Å². The highest BCUT2D eigenvalue weighted by atomic mass is 16.1. The molecule has 0 atom stereocenters. The first kappa shape index (κ1) is 15.4. The first-order chi connectivity index (χ1) is 8.95. The largest absolute Gasteiger partial charge is 0.350 e. The summed E-state index contributed by atoms with van der Waals surface area (Å²) in [6.45, 7) is 9.31. The van der Waals surface area contributed by atoms with E-state index < -0.39 is 0 Å². The zero-order chi connectivity index (χ0) is 14.4. The Labute approximate surface area is 114 Å². The predicted octanol–water partition coefficient (Wildman–Crippen LogP) is 1.42. The van der Waals surface area contributed by atoms with Crippen molar-refractivity contribution in [1.29, 1.82) is 0 Å². The smallest absolute Gasteiger partial charge is 0.271 e. The van der Waals surface area contributed by atoms with Gasteiger partial charge in [-0.25, -0.2) is 15.8 Å². The van der Waals surface area contributed by atoms with Gasteiger partial charge in [0.1, 0.15) is 5.69 Å². The third kappa shape index (κ3) is 4.48. The summed E-state index contributed by atoms with van der Waals surface area (Å²) in [5.74, 6) is 6.90. The van der Waals surface area contributed by atoms with E-state index in [1.807, 2.05) is 0 Å².